The van der Waals surface area contributed by atoms with Gasteiger partial charge in [-0.25, -0.2) is 0 Å². The van der Waals surface area contributed by atoms with Gasteiger partial charge in [0.25, 0.3) is 11.8 Å². The van der Waals surface area contributed by atoms with Crippen LogP contribution in [-0.2, 0) is 16.1 Å². The third-order valence-corrected chi connectivity index (χ3v) is 5.64. The number of benzene rings is 2. The maximum Gasteiger partial charge on any atom is 0.261 e. The number of ether oxygens (including phenoxy) is 3. The molecule has 1 fully saturated rings. The van der Waals surface area contributed by atoms with E-state index in [2.05, 4.69) is 0 Å². The number of methoxy groups -OCH3 is 1. The normalized spacial score (nSPS) is 13.9. The van der Waals surface area contributed by atoms with Crippen molar-refractivity contribution in [3.63, 3.8) is 0 Å². The third kappa shape index (κ3) is 6.64. The van der Waals surface area contributed by atoms with Crippen molar-refractivity contribution in [2.45, 2.75) is 51.6 Å². The number of primary amides is 1. The number of carbonyl (C=O) groups excluding carboxylic acids is 2. The Bertz CT molecular complexity index is 924. The molecule has 7 nitrogen and oxygen atoms in total. The van der Waals surface area contributed by atoms with E-state index in [-0.39, 0.29) is 25.2 Å². The first-order valence-electron chi connectivity index (χ1n) is 11.0. The van der Waals surface area contributed by atoms with Crippen LogP contribution in [0.1, 0.15) is 43.2 Å². The van der Waals surface area contributed by atoms with Crippen molar-refractivity contribution in [3.05, 3.63) is 53.6 Å². The molecular weight excluding hydrogens is 408 g/mol. The van der Waals surface area contributed by atoms with Gasteiger partial charge in [0.1, 0.15) is 5.75 Å². The first kappa shape index (κ1) is 23.4. The van der Waals surface area contributed by atoms with E-state index in [1.54, 1.807) is 6.07 Å². The summed E-state index contributed by atoms with van der Waals surface area (Å²) >= 11 is 0. The summed E-state index contributed by atoms with van der Waals surface area (Å²) in [6.07, 6.45) is 5.44. The zero-order valence-corrected chi connectivity index (χ0v) is 18.8. The highest BCUT2D eigenvalue weighted by atomic mass is 16.5. The Morgan fingerprint density at radius 2 is 1.78 bits per heavy atom. The van der Waals surface area contributed by atoms with Gasteiger partial charge in [0, 0.05) is 12.6 Å². The maximum absolute atomic E-state index is 13.2. The summed E-state index contributed by atoms with van der Waals surface area (Å²) in [4.78, 5) is 26.1. The molecule has 1 aliphatic rings. The molecule has 2 N–H and O–H groups in total. The van der Waals surface area contributed by atoms with Gasteiger partial charge in [-0.15, -0.1) is 0 Å². The molecule has 7 heteroatoms. The van der Waals surface area contributed by atoms with Crippen molar-refractivity contribution in [1.82, 2.24) is 4.90 Å². The molecule has 0 heterocycles. The second kappa shape index (κ2) is 11.4. The first-order chi connectivity index (χ1) is 15.5. The molecule has 0 aliphatic heterocycles. The Balaban J connectivity index is 1.73. The van der Waals surface area contributed by atoms with Crippen molar-refractivity contribution in [3.8, 4) is 17.2 Å². The maximum atomic E-state index is 13.2. The fraction of sp³-hybridized carbons (Fsp3) is 0.440. The molecule has 1 saturated carbocycles. The predicted molar refractivity (Wildman–Crippen MR) is 122 cm³/mol. The minimum Gasteiger partial charge on any atom is -0.493 e. The van der Waals surface area contributed by atoms with E-state index < -0.39 is 5.91 Å². The van der Waals surface area contributed by atoms with Gasteiger partial charge >= 0.3 is 0 Å². The van der Waals surface area contributed by atoms with Crippen LogP contribution < -0.4 is 19.9 Å². The lowest BCUT2D eigenvalue weighted by atomic mass is 9.93. The van der Waals surface area contributed by atoms with Crippen LogP contribution in [0, 0.1) is 6.92 Å². The van der Waals surface area contributed by atoms with E-state index in [4.69, 9.17) is 19.9 Å². The average Bonchev–Trinajstić information content (AvgIpc) is 2.80. The van der Waals surface area contributed by atoms with Crippen LogP contribution in [0.5, 0.6) is 17.2 Å². The zero-order valence-electron chi connectivity index (χ0n) is 18.8. The number of rotatable bonds is 10. The molecule has 0 atom stereocenters. The minimum absolute atomic E-state index is 0.00308. The van der Waals surface area contributed by atoms with Crippen LogP contribution in [0.15, 0.2) is 42.5 Å². The van der Waals surface area contributed by atoms with E-state index in [9.17, 15) is 9.59 Å². The lowest BCUT2D eigenvalue weighted by Gasteiger charge is -2.34. The zero-order chi connectivity index (χ0) is 22.9. The minimum atomic E-state index is -0.557. The monoisotopic (exact) mass is 440 g/mol. The highest BCUT2D eigenvalue weighted by Gasteiger charge is 2.26. The number of carbonyl (C=O) groups is 2. The molecule has 172 valence electrons. The number of aryl methyl sites for hydroxylation is 1. The molecule has 32 heavy (non-hydrogen) atoms. The van der Waals surface area contributed by atoms with Crippen LogP contribution in [0.4, 0.5) is 0 Å². The molecule has 1 aliphatic carbocycles. The summed E-state index contributed by atoms with van der Waals surface area (Å²) in [7, 11) is 1.54. The Kier molecular flexibility index (Phi) is 8.36. The van der Waals surface area contributed by atoms with Gasteiger partial charge in [-0.2, -0.15) is 0 Å². The summed E-state index contributed by atoms with van der Waals surface area (Å²) in [5.41, 5.74) is 7.17. The lowest BCUT2D eigenvalue weighted by molar-refractivity contribution is -0.137. The fourth-order valence-electron chi connectivity index (χ4n) is 4.02. The Labute approximate surface area is 189 Å². The Hall–Kier alpha value is -3.22. The molecule has 0 unspecified atom stereocenters. The molecule has 0 saturated heterocycles. The SMILES string of the molecule is COc1cc(CN(C(=O)COc2cccc(C)c2)C2CCCCC2)ccc1OCC(N)=O. The first-order valence-corrected chi connectivity index (χ1v) is 11.0. The topological polar surface area (TPSA) is 91.1 Å². The number of hydrogen-bond donors (Lipinski definition) is 1. The molecule has 0 radical (unpaired) electrons. The lowest BCUT2D eigenvalue weighted by Crippen LogP contribution is -2.43. The van der Waals surface area contributed by atoms with Crippen molar-refractivity contribution in [1.29, 1.82) is 0 Å². The number of hydrogen-bond acceptors (Lipinski definition) is 5. The van der Waals surface area contributed by atoms with Crippen molar-refractivity contribution >= 4 is 11.8 Å². The van der Waals surface area contributed by atoms with E-state index in [1.807, 2.05) is 48.2 Å². The van der Waals surface area contributed by atoms with Gasteiger partial charge in [-0.05, 0) is 55.2 Å². The number of nitrogens with zero attached hydrogens (tertiary/aromatic N) is 1. The van der Waals surface area contributed by atoms with E-state index in [0.717, 1.165) is 36.8 Å². The second-order valence-corrected chi connectivity index (χ2v) is 8.16. The highest BCUT2D eigenvalue weighted by Crippen LogP contribution is 2.30. The summed E-state index contributed by atoms with van der Waals surface area (Å²) in [5.74, 6) is 1.04. The van der Waals surface area contributed by atoms with Crippen LogP contribution >= 0.6 is 0 Å². The van der Waals surface area contributed by atoms with Gasteiger partial charge in [-0.1, -0.05) is 37.5 Å². The largest absolute Gasteiger partial charge is 0.493 e. The van der Waals surface area contributed by atoms with Gasteiger partial charge in [0.15, 0.2) is 24.7 Å². The second-order valence-electron chi connectivity index (χ2n) is 8.16. The van der Waals surface area contributed by atoms with Crippen molar-refractivity contribution < 1.29 is 23.8 Å². The van der Waals surface area contributed by atoms with Crippen LogP contribution in [0.25, 0.3) is 0 Å². The molecule has 0 spiro atoms. The smallest absolute Gasteiger partial charge is 0.261 e. The number of amides is 2. The van der Waals surface area contributed by atoms with Crippen LogP contribution in [0.2, 0.25) is 0 Å². The average molecular weight is 441 g/mol. The van der Waals surface area contributed by atoms with Gasteiger partial charge in [0.2, 0.25) is 0 Å². The van der Waals surface area contributed by atoms with Crippen molar-refractivity contribution in [2.75, 3.05) is 20.3 Å². The van der Waals surface area contributed by atoms with Crippen LogP contribution in [0.3, 0.4) is 0 Å². The fourth-order valence-corrected chi connectivity index (χ4v) is 4.02. The summed E-state index contributed by atoms with van der Waals surface area (Å²) in [6, 6.07) is 13.3. The standard InChI is InChI=1S/C25H32N2O5/c1-18-7-6-10-21(13-18)31-17-25(29)27(20-8-4-3-5-9-20)15-19-11-12-22(23(14-19)30-2)32-16-24(26)28/h6-7,10-14,20H,3-5,8-9,15-17H2,1-2H3,(H2,26,28). The summed E-state index contributed by atoms with van der Waals surface area (Å²) < 4.78 is 16.6. The van der Waals surface area contributed by atoms with Crippen molar-refractivity contribution in [2.24, 2.45) is 5.73 Å². The molecule has 0 bridgehead atoms. The molecule has 2 aromatic carbocycles. The molecule has 2 aromatic rings. The molecular formula is C25H32N2O5. The Morgan fingerprint density at radius 1 is 1.00 bits per heavy atom. The van der Waals surface area contributed by atoms with Gasteiger partial charge in [-0.3, -0.25) is 9.59 Å². The van der Waals surface area contributed by atoms with E-state index >= 15 is 0 Å². The third-order valence-electron chi connectivity index (χ3n) is 5.64. The van der Waals surface area contributed by atoms with Gasteiger partial charge < -0.3 is 24.8 Å². The predicted octanol–water partition coefficient (Wildman–Crippen LogP) is 3.61. The Morgan fingerprint density at radius 3 is 2.47 bits per heavy atom. The van der Waals surface area contributed by atoms with E-state index in [0.29, 0.717) is 23.8 Å². The number of nitrogens with two attached hydrogens (primary N) is 1. The summed E-state index contributed by atoms with van der Waals surface area (Å²) in [5, 5.41) is 0. The molecule has 3 rings (SSSR count). The summed E-state index contributed by atoms with van der Waals surface area (Å²) in [6.45, 7) is 2.22. The van der Waals surface area contributed by atoms with E-state index in [1.165, 1.54) is 13.5 Å². The highest BCUT2D eigenvalue weighted by molar-refractivity contribution is 5.78. The quantitative estimate of drug-likeness (QED) is 0.609. The molecule has 0 aromatic heterocycles. The van der Waals surface area contributed by atoms with Crippen LogP contribution in [-0.4, -0.2) is 43.1 Å². The molecule has 2 amide bonds. The van der Waals surface area contributed by atoms with Gasteiger partial charge in [0.05, 0.1) is 7.11 Å².